The average Bonchev–Trinajstić information content (AvgIpc) is 2.40. The van der Waals surface area contributed by atoms with Gasteiger partial charge in [-0.05, 0) is 31.0 Å². The fourth-order valence-corrected chi connectivity index (χ4v) is 2.15. The third-order valence-electron chi connectivity index (χ3n) is 2.72. The first-order valence-electron chi connectivity index (χ1n) is 6.45. The summed E-state index contributed by atoms with van der Waals surface area (Å²) < 4.78 is 0. The molecule has 1 atom stereocenters. The maximum absolute atomic E-state index is 11.9. The Labute approximate surface area is 128 Å². The number of benzene rings is 1. The van der Waals surface area contributed by atoms with Gasteiger partial charge in [-0.25, -0.2) is 0 Å². The zero-order chi connectivity index (χ0) is 15.1. The first kappa shape index (κ1) is 16.8. The highest BCUT2D eigenvalue weighted by Crippen LogP contribution is 2.24. The number of carbonyl (C=O) groups excluding carboxylic acids is 2. The summed E-state index contributed by atoms with van der Waals surface area (Å²) in [5.41, 5.74) is 0.564. The molecule has 0 unspecified atom stereocenters. The molecule has 110 valence electrons. The van der Waals surface area contributed by atoms with Gasteiger partial charge in [-0.2, -0.15) is 0 Å². The van der Waals surface area contributed by atoms with Crippen LogP contribution in [0, 0.1) is 0 Å². The summed E-state index contributed by atoms with van der Waals surface area (Å²) in [6.45, 7) is 4.19. The van der Waals surface area contributed by atoms with Gasteiger partial charge in [-0.15, -0.1) is 0 Å². The topological polar surface area (TPSA) is 58.2 Å². The summed E-state index contributed by atoms with van der Waals surface area (Å²) in [4.78, 5) is 23.5. The highest BCUT2D eigenvalue weighted by molar-refractivity contribution is 6.36. The van der Waals surface area contributed by atoms with Gasteiger partial charge in [0.15, 0.2) is 0 Å². The Kier molecular flexibility index (Phi) is 6.82. The molecule has 0 aliphatic carbocycles. The van der Waals surface area contributed by atoms with Crippen molar-refractivity contribution < 1.29 is 9.59 Å². The number of hydrogen-bond acceptors (Lipinski definition) is 2. The van der Waals surface area contributed by atoms with Gasteiger partial charge >= 0.3 is 0 Å². The molecular formula is C14H18Cl2N2O2. The van der Waals surface area contributed by atoms with Gasteiger partial charge in [0.1, 0.15) is 6.04 Å². The third-order valence-corrected chi connectivity index (χ3v) is 3.43. The zero-order valence-corrected chi connectivity index (χ0v) is 13.0. The second-order valence-electron chi connectivity index (χ2n) is 4.46. The predicted molar refractivity (Wildman–Crippen MR) is 81.1 cm³/mol. The highest BCUT2D eigenvalue weighted by atomic mass is 35.5. The molecule has 0 saturated heterocycles. The van der Waals surface area contributed by atoms with Crippen molar-refractivity contribution in [1.82, 2.24) is 10.6 Å². The third kappa shape index (κ3) is 5.02. The van der Waals surface area contributed by atoms with Gasteiger partial charge in [0, 0.05) is 16.6 Å². The van der Waals surface area contributed by atoms with Crippen molar-refractivity contribution in [3.63, 3.8) is 0 Å². The number of nitrogens with one attached hydrogen (secondary N) is 2. The second kappa shape index (κ2) is 8.12. The Balaban J connectivity index is 2.57. The zero-order valence-electron chi connectivity index (χ0n) is 11.5. The van der Waals surface area contributed by atoms with Crippen LogP contribution >= 0.6 is 23.2 Å². The molecule has 1 aromatic carbocycles. The average molecular weight is 317 g/mol. The summed E-state index contributed by atoms with van der Waals surface area (Å²) >= 11 is 12.0. The number of rotatable bonds is 6. The molecule has 0 radical (unpaired) electrons. The molecular weight excluding hydrogens is 299 g/mol. The number of halogens is 2. The van der Waals surface area contributed by atoms with Crippen LogP contribution in [-0.2, 0) is 16.0 Å². The summed E-state index contributed by atoms with van der Waals surface area (Å²) in [5.74, 6) is -0.496. The normalized spacial score (nSPS) is 11.8. The van der Waals surface area contributed by atoms with Crippen molar-refractivity contribution in [3.05, 3.63) is 33.8 Å². The molecule has 2 amide bonds. The smallest absolute Gasteiger partial charge is 0.242 e. The van der Waals surface area contributed by atoms with Crippen molar-refractivity contribution in [2.24, 2.45) is 0 Å². The molecule has 0 spiro atoms. The highest BCUT2D eigenvalue weighted by Gasteiger charge is 2.17. The molecule has 1 aromatic rings. The number of carbonyl (C=O) groups is 2. The van der Waals surface area contributed by atoms with Crippen molar-refractivity contribution in [3.8, 4) is 0 Å². The molecule has 0 saturated carbocycles. The largest absolute Gasteiger partial charge is 0.354 e. The van der Waals surface area contributed by atoms with E-state index in [2.05, 4.69) is 10.6 Å². The van der Waals surface area contributed by atoms with Crippen LogP contribution < -0.4 is 10.6 Å². The summed E-state index contributed by atoms with van der Waals surface area (Å²) in [7, 11) is 0. The number of amides is 2. The summed E-state index contributed by atoms with van der Waals surface area (Å²) in [6.07, 6.45) is 0.894. The number of hydrogen-bond donors (Lipinski definition) is 2. The molecule has 0 aliphatic rings. The van der Waals surface area contributed by atoms with Crippen LogP contribution in [-0.4, -0.2) is 24.4 Å². The van der Waals surface area contributed by atoms with Crippen molar-refractivity contribution >= 4 is 35.0 Å². The molecule has 4 nitrogen and oxygen atoms in total. The Hall–Kier alpha value is -1.26. The molecule has 6 heteroatoms. The van der Waals surface area contributed by atoms with E-state index < -0.39 is 6.04 Å². The van der Waals surface area contributed by atoms with E-state index in [4.69, 9.17) is 23.2 Å². The van der Waals surface area contributed by atoms with Gasteiger partial charge < -0.3 is 10.6 Å². The fraction of sp³-hybridized carbons (Fsp3) is 0.429. The molecule has 0 aromatic heterocycles. The van der Waals surface area contributed by atoms with E-state index in [1.54, 1.807) is 25.1 Å². The second-order valence-corrected chi connectivity index (χ2v) is 5.27. The summed E-state index contributed by atoms with van der Waals surface area (Å²) in [6, 6.07) is 4.48. The van der Waals surface area contributed by atoms with Crippen molar-refractivity contribution in [2.45, 2.75) is 32.7 Å². The minimum atomic E-state index is -0.588. The van der Waals surface area contributed by atoms with Crippen LogP contribution in [0.2, 0.25) is 10.0 Å². The van der Waals surface area contributed by atoms with Gasteiger partial charge in [-0.3, -0.25) is 9.59 Å². The van der Waals surface area contributed by atoms with Crippen LogP contribution in [0.5, 0.6) is 0 Å². The monoisotopic (exact) mass is 316 g/mol. The van der Waals surface area contributed by atoms with Crippen LogP contribution in [0.4, 0.5) is 0 Å². The maximum atomic E-state index is 11.9. The molecule has 0 aliphatic heterocycles. The van der Waals surface area contributed by atoms with E-state index in [0.717, 1.165) is 6.42 Å². The van der Waals surface area contributed by atoms with E-state index in [1.165, 1.54) is 0 Å². The van der Waals surface area contributed by atoms with E-state index in [9.17, 15) is 9.59 Å². The molecule has 1 rings (SSSR count). The van der Waals surface area contributed by atoms with E-state index in [0.29, 0.717) is 22.2 Å². The van der Waals surface area contributed by atoms with Crippen molar-refractivity contribution in [2.75, 3.05) is 6.54 Å². The van der Waals surface area contributed by atoms with Crippen LogP contribution in [0.3, 0.4) is 0 Å². The van der Waals surface area contributed by atoms with Gasteiger partial charge in [0.2, 0.25) is 11.8 Å². The summed E-state index contributed by atoms with van der Waals surface area (Å²) in [5, 5.41) is 6.22. The quantitative estimate of drug-likeness (QED) is 0.847. The molecule has 0 fully saturated rings. The fourth-order valence-electron chi connectivity index (χ4n) is 1.62. The van der Waals surface area contributed by atoms with Crippen LogP contribution in [0.25, 0.3) is 0 Å². The van der Waals surface area contributed by atoms with Gasteiger partial charge in [-0.1, -0.05) is 36.2 Å². The lowest BCUT2D eigenvalue weighted by Crippen LogP contribution is -2.45. The van der Waals surface area contributed by atoms with Crippen LogP contribution in [0.15, 0.2) is 18.2 Å². The van der Waals surface area contributed by atoms with E-state index >= 15 is 0 Å². The standard InChI is InChI=1S/C14H18Cl2N2O2/c1-3-7-17-14(20)9(2)18-13(19)8-10-11(15)5-4-6-12(10)16/h4-6,9H,3,7-8H2,1-2H3,(H,17,20)(H,18,19)/t9-/m1/s1. The first-order valence-corrected chi connectivity index (χ1v) is 7.21. The molecule has 0 bridgehead atoms. The Bertz CT molecular complexity index is 472. The predicted octanol–water partition coefficient (Wildman–Crippen LogP) is 2.57. The molecule has 20 heavy (non-hydrogen) atoms. The van der Waals surface area contributed by atoms with Crippen LogP contribution in [0.1, 0.15) is 25.8 Å². The molecule has 2 N–H and O–H groups in total. The SMILES string of the molecule is CCCNC(=O)[C@@H](C)NC(=O)Cc1c(Cl)cccc1Cl. The Morgan fingerprint density at radius 3 is 2.40 bits per heavy atom. The van der Waals surface area contributed by atoms with Gasteiger partial charge in [0.25, 0.3) is 0 Å². The van der Waals surface area contributed by atoms with Crippen molar-refractivity contribution in [1.29, 1.82) is 0 Å². The maximum Gasteiger partial charge on any atom is 0.242 e. The lowest BCUT2D eigenvalue weighted by Gasteiger charge is -2.14. The lowest BCUT2D eigenvalue weighted by atomic mass is 10.1. The minimum Gasteiger partial charge on any atom is -0.354 e. The van der Waals surface area contributed by atoms with Gasteiger partial charge in [0.05, 0.1) is 6.42 Å². The Morgan fingerprint density at radius 1 is 1.25 bits per heavy atom. The molecule has 0 heterocycles. The van der Waals surface area contributed by atoms with E-state index in [-0.39, 0.29) is 18.2 Å². The minimum absolute atomic E-state index is 0.0455. The lowest BCUT2D eigenvalue weighted by molar-refractivity contribution is -0.128. The first-order chi connectivity index (χ1) is 9.45. The van der Waals surface area contributed by atoms with E-state index in [1.807, 2.05) is 6.92 Å². The Morgan fingerprint density at radius 2 is 1.85 bits per heavy atom.